The van der Waals surface area contributed by atoms with Gasteiger partial charge in [-0.15, -0.1) is 0 Å². The number of anilines is 1. The lowest BCUT2D eigenvalue weighted by Crippen LogP contribution is -2.63. The Morgan fingerprint density at radius 3 is 2.31 bits per heavy atom. The maximum atomic E-state index is 13.3. The van der Waals surface area contributed by atoms with E-state index in [0.29, 0.717) is 13.1 Å². The molecule has 1 aliphatic carbocycles. The van der Waals surface area contributed by atoms with Gasteiger partial charge in [0.1, 0.15) is 12.1 Å². The monoisotopic (exact) mass is 481 g/mol. The number of aromatic nitrogens is 2. The van der Waals surface area contributed by atoms with Crippen molar-refractivity contribution >= 4 is 23.5 Å². The maximum absolute atomic E-state index is 13.3. The number of piperazine rings is 1. The normalized spacial score (nSPS) is 17.4. The molecule has 36 heavy (non-hydrogen) atoms. The molecular formula is C30H35N5O. The van der Waals surface area contributed by atoms with E-state index < -0.39 is 0 Å². The SMILES string of the molecule is Cc1ccc(C2=Cc3c(ncnc3N3CCN(C(=O)N[C@@H](C)c4ccc(C)cc4)C(C)(C)C3)C2)cc1. The van der Waals surface area contributed by atoms with Crippen LogP contribution < -0.4 is 10.2 Å². The molecule has 186 valence electrons. The fourth-order valence-corrected chi connectivity index (χ4v) is 5.23. The molecule has 0 saturated carbocycles. The molecule has 1 aliphatic heterocycles. The summed E-state index contributed by atoms with van der Waals surface area (Å²) in [5.74, 6) is 0.961. The van der Waals surface area contributed by atoms with Gasteiger partial charge in [-0.05, 0) is 57.4 Å². The molecule has 0 bridgehead atoms. The van der Waals surface area contributed by atoms with Crippen molar-refractivity contribution < 1.29 is 4.79 Å². The van der Waals surface area contributed by atoms with Crippen molar-refractivity contribution in [3.8, 4) is 0 Å². The second-order valence-corrected chi connectivity index (χ2v) is 10.7. The van der Waals surface area contributed by atoms with Crippen LogP contribution in [0.5, 0.6) is 0 Å². The predicted octanol–water partition coefficient (Wildman–Crippen LogP) is 5.56. The van der Waals surface area contributed by atoms with Gasteiger partial charge in [0.25, 0.3) is 0 Å². The number of nitrogens with one attached hydrogen (secondary N) is 1. The Bertz CT molecular complexity index is 1290. The van der Waals surface area contributed by atoms with Crippen molar-refractivity contribution in [1.29, 1.82) is 0 Å². The van der Waals surface area contributed by atoms with E-state index in [0.717, 1.165) is 35.6 Å². The third kappa shape index (κ3) is 4.72. The minimum absolute atomic E-state index is 0.0257. The molecule has 6 heteroatoms. The maximum Gasteiger partial charge on any atom is 0.318 e. The molecule has 1 saturated heterocycles. The van der Waals surface area contributed by atoms with Gasteiger partial charge in [-0.3, -0.25) is 0 Å². The zero-order valence-electron chi connectivity index (χ0n) is 21.9. The number of benzene rings is 2. The Hall–Kier alpha value is -3.67. The van der Waals surface area contributed by atoms with E-state index >= 15 is 0 Å². The van der Waals surface area contributed by atoms with Crippen molar-refractivity contribution in [3.05, 3.63) is 88.4 Å². The van der Waals surface area contributed by atoms with Gasteiger partial charge in [0.05, 0.1) is 17.3 Å². The van der Waals surface area contributed by atoms with E-state index in [1.807, 2.05) is 11.8 Å². The first-order valence-corrected chi connectivity index (χ1v) is 12.7. The number of urea groups is 1. The van der Waals surface area contributed by atoms with E-state index in [1.54, 1.807) is 6.33 Å². The Labute approximate surface area is 214 Å². The summed E-state index contributed by atoms with van der Waals surface area (Å²) in [6, 6.07) is 16.9. The van der Waals surface area contributed by atoms with Crippen LogP contribution in [-0.4, -0.2) is 46.1 Å². The third-order valence-electron chi connectivity index (χ3n) is 7.41. The van der Waals surface area contributed by atoms with Crippen molar-refractivity contribution in [2.75, 3.05) is 24.5 Å². The molecule has 1 fully saturated rings. The number of hydrogen-bond donors (Lipinski definition) is 1. The van der Waals surface area contributed by atoms with Gasteiger partial charge in [-0.25, -0.2) is 14.8 Å². The number of nitrogens with zero attached hydrogens (tertiary/aromatic N) is 4. The summed E-state index contributed by atoms with van der Waals surface area (Å²) < 4.78 is 0. The molecule has 1 aromatic heterocycles. The highest BCUT2D eigenvalue weighted by Gasteiger charge is 2.38. The summed E-state index contributed by atoms with van der Waals surface area (Å²) in [4.78, 5) is 26.8. The molecule has 1 atom stereocenters. The molecule has 0 spiro atoms. The van der Waals surface area contributed by atoms with Gasteiger partial charge >= 0.3 is 6.03 Å². The van der Waals surface area contributed by atoms with Crippen LogP contribution in [0.4, 0.5) is 10.6 Å². The van der Waals surface area contributed by atoms with E-state index in [2.05, 4.69) is 97.5 Å². The zero-order chi connectivity index (χ0) is 25.4. The Morgan fingerprint density at radius 2 is 1.64 bits per heavy atom. The van der Waals surface area contributed by atoms with Crippen LogP contribution in [0.1, 0.15) is 60.3 Å². The Morgan fingerprint density at radius 1 is 0.972 bits per heavy atom. The van der Waals surface area contributed by atoms with Crippen LogP contribution >= 0.6 is 0 Å². The first kappa shape index (κ1) is 24.0. The first-order chi connectivity index (χ1) is 17.2. The lowest BCUT2D eigenvalue weighted by molar-refractivity contribution is 0.121. The molecule has 3 aromatic rings. The summed E-state index contributed by atoms with van der Waals surface area (Å²) in [6.45, 7) is 12.5. The van der Waals surface area contributed by atoms with Crippen molar-refractivity contribution in [3.63, 3.8) is 0 Å². The van der Waals surface area contributed by atoms with Crippen LogP contribution in [0.2, 0.25) is 0 Å². The van der Waals surface area contributed by atoms with Gasteiger partial charge in [-0.2, -0.15) is 0 Å². The molecular weight excluding hydrogens is 446 g/mol. The number of fused-ring (bicyclic) bond motifs is 1. The van der Waals surface area contributed by atoms with Crippen molar-refractivity contribution in [2.45, 2.75) is 52.6 Å². The van der Waals surface area contributed by atoms with Crippen LogP contribution in [-0.2, 0) is 6.42 Å². The quantitative estimate of drug-likeness (QED) is 0.530. The summed E-state index contributed by atoms with van der Waals surface area (Å²) in [7, 11) is 0. The van der Waals surface area contributed by atoms with Crippen molar-refractivity contribution in [2.24, 2.45) is 0 Å². The van der Waals surface area contributed by atoms with Gasteiger partial charge < -0.3 is 15.1 Å². The molecule has 0 radical (unpaired) electrons. The van der Waals surface area contributed by atoms with Gasteiger partial charge in [0.2, 0.25) is 0 Å². The number of amides is 2. The van der Waals surface area contributed by atoms with Crippen LogP contribution in [0.15, 0.2) is 54.9 Å². The molecule has 2 amide bonds. The highest BCUT2D eigenvalue weighted by Crippen LogP contribution is 2.36. The lowest BCUT2D eigenvalue weighted by atomic mass is 9.98. The van der Waals surface area contributed by atoms with E-state index in [9.17, 15) is 4.79 Å². The molecule has 0 unspecified atom stereocenters. The van der Waals surface area contributed by atoms with E-state index in [1.165, 1.54) is 22.3 Å². The van der Waals surface area contributed by atoms with Crippen LogP contribution in [0, 0.1) is 13.8 Å². The van der Waals surface area contributed by atoms with E-state index in [4.69, 9.17) is 4.98 Å². The Balaban J connectivity index is 1.31. The summed E-state index contributed by atoms with van der Waals surface area (Å²) >= 11 is 0. The van der Waals surface area contributed by atoms with Gasteiger partial charge in [0, 0.05) is 31.6 Å². The number of carbonyl (C=O) groups excluding carboxylic acids is 1. The second kappa shape index (κ2) is 9.41. The molecule has 2 aromatic carbocycles. The van der Waals surface area contributed by atoms with Gasteiger partial charge in [-0.1, -0.05) is 59.7 Å². The smallest absolute Gasteiger partial charge is 0.318 e. The van der Waals surface area contributed by atoms with E-state index in [-0.39, 0.29) is 17.6 Å². The fourth-order valence-electron chi connectivity index (χ4n) is 5.23. The molecule has 2 heterocycles. The van der Waals surface area contributed by atoms with Crippen LogP contribution in [0.25, 0.3) is 11.6 Å². The molecule has 5 rings (SSSR count). The third-order valence-corrected chi connectivity index (χ3v) is 7.41. The second-order valence-electron chi connectivity index (χ2n) is 10.7. The first-order valence-electron chi connectivity index (χ1n) is 12.7. The lowest BCUT2D eigenvalue weighted by Gasteiger charge is -2.47. The average molecular weight is 482 g/mol. The predicted molar refractivity (Wildman–Crippen MR) is 146 cm³/mol. The van der Waals surface area contributed by atoms with Crippen molar-refractivity contribution in [1.82, 2.24) is 20.2 Å². The number of aryl methyl sites for hydroxylation is 2. The minimum atomic E-state index is -0.352. The number of carbonyl (C=O) groups is 1. The minimum Gasteiger partial charge on any atom is -0.352 e. The fraction of sp³-hybridized carbons (Fsp3) is 0.367. The topological polar surface area (TPSA) is 61.4 Å². The Kier molecular flexibility index (Phi) is 6.29. The van der Waals surface area contributed by atoms with Gasteiger partial charge in [0.15, 0.2) is 0 Å². The summed E-state index contributed by atoms with van der Waals surface area (Å²) in [5.41, 5.74) is 7.91. The standard InChI is InChI=1S/C30H35N5O/c1-20-6-10-23(11-7-20)22(3)33-29(36)35-15-14-34(18-30(35,4)5)28-26-16-25(17-27(26)31-19-32-28)24-12-8-21(2)9-13-24/h6-13,16,19,22H,14-15,17-18H2,1-5H3,(H,33,36)/t22-/m0/s1. The zero-order valence-corrected chi connectivity index (χ0v) is 21.9. The number of allylic oxidation sites excluding steroid dienone is 1. The molecule has 6 nitrogen and oxygen atoms in total. The number of hydrogen-bond acceptors (Lipinski definition) is 4. The highest BCUT2D eigenvalue weighted by atomic mass is 16.2. The highest BCUT2D eigenvalue weighted by molar-refractivity contribution is 5.91. The summed E-state index contributed by atoms with van der Waals surface area (Å²) in [5, 5.41) is 3.20. The molecule has 2 aliphatic rings. The largest absolute Gasteiger partial charge is 0.352 e. The number of rotatable bonds is 4. The average Bonchev–Trinajstić information content (AvgIpc) is 3.28. The van der Waals surface area contributed by atoms with Crippen LogP contribution in [0.3, 0.4) is 0 Å². The summed E-state index contributed by atoms with van der Waals surface area (Å²) in [6.07, 6.45) is 4.73. The molecule has 1 N–H and O–H groups in total.